The Labute approximate surface area is 162 Å². The standard InChI is InChI=1S/C21H31N5O/c1-16-11-17(2)13-19(12-16)27-10-7-24-21(22-4)25-8-5-18(3)20(14-25)26-9-6-23-15-26/h6,9,11-13,15,18,20H,5,7-8,10,14H2,1-4H3,(H,22,24). The van der Waals surface area contributed by atoms with Gasteiger partial charge in [-0.1, -0.05) is 13.0 Å². The number of guanidine groups is 1. The topological polar surface area (TPSA) is 54.7 Å². The lowest BCUT2D eigenvalue weighted by atomic mass is 9.93. The molecule has 3 rings (SSSR count). The largest absolute Gasteiger partial charge is 0.492 e. The third-order valence-corrected chi connectivity index (χ3v) is 5.19. The predicted molar refractivity (Wildman–Crippen MR) is 109 cm³/mol. The van der Waals surface area contributed by atoms with E-state index in [0.717, 1.165) is 37.8 Å². The van der Waals surface area contributed by atoms with E-state index in [1.807, 2.05) is 19.6 Å². The number of benzene rings is 1. The second-order valence-corrected chi connectivity index (χ2v) is 7.44. The van der Waals surface area contributed by atoms with Gasteiger partial charge in [0.1, 0.15) is 12.4 Å². The predicted octanol–water partition coefficient (Wildman–Crippen LogP) is 3.04. The Hall–Kier alpha value is -2.50. The number of likely N-dealkylation sites (tertiary alicyclic amines) is 1. The van der Waals surface area contributed by atoms with Crippen LogP contribution < -0.4 is 10.1 Å². The Kier molecular flexibility index (Phi) is 6.37. The Morgan fingerprint density at radius 2 is 2.07 bits per heavy atom. The second-order valence-electron chi connectivity index (χ2n) is 7.44. The highest BCUT2D eigenvalue weighted by molar-refractivity contribution is 5.80. The van der Waals surface area contributed by atoms with E-state index in [2.05, 4.69) is 69.9 Å². The van der Waals surface area contributed by atoms with E-state index in [1.54, 1.807) is 0 Å². The number of nitrogens with zero attached hydrogens (tertiary/aromatic N) is 4. The Balaban J connectivity index is 1.51. The molecule has 0 amide bonds. The summed E-state index contributed by atoms with van der Waals surface area (Å²) >= 11 is 0. The van der Waals surface area contributed by atoms with Crippen LogP contribution in [0.1, 0.15) is 30.5 Å². The van der Waals surface area contributed by atoms with E-state index in [4.69, 9.17) is 4.74 Å². The van der Waals surface area contributed by atoms with Crippen LogP contribution in [0.15, 0.2) is 41.9 Å². The summed E-state index contributed by atoms with van der Waals surface area (Å²) in [5.74, 6) is 2.49. The summed E-state index contributed by atoms with van der Waals surface area (Å²) in [4.78, 5) is 11.0. The van der Waals surface area contributed by atoms with Crippen LogP contribution in [-0.4, -0.2) is 53.7 Å². The molecule has 1 aliphatic rings. The number of aliphatic imine (C=N–C) groups is 1. The van der Waals surface area contributed by atoms with Gasteiger partial charge in [-0.05, 0) is 49.4 Å². The van der Waals surface area contributed by atoms with Crippen LogP contribution in [0.2, 0.25) is 0 Å². The molecule has 1 fully saturated rings. The SMILES string of the molecule is CN=C(NCCOc1cc(C)cc(C)c1)N1CCC(C)C(n2ccnc2)C1. The number of piperidine rings is 1. The second kappa shape index (κ2) is 8.93. The number of imidazole rings is 1. The molecule has 1 aromatic carbocycles. The lowest BCUT2D eigenvalue weighted by Crippen LogP contribution is -2.49. The number of hydrogen-bond donors (Lipinski definition) is 1. The van der Waals surface area contributed by atoms with Crippen LogP contribution in [0, 0.1) is 19.8 Å². The van der Waals surface area contributed by atoms with E-state index < -0.39 is 0 Å². The highest BCUT2D eigenvalue weighted by Gasteiger charge is 2.28. The minimum absolute atomic E-state index is 0.423. The van der Waals surface area contributed by atoms with Gasteiger partial charge in [-0.25, -0.2) is 4.98 Å². The molecule has 2 aromatic rings. The third-order valence-electron chi connectivity index (χ3n) is 5.19. The van der Waals surface area contributed by atoms with Gasteiger partial charge in [-0.2, -0.15) is 0 Å². The van der Waals surface area contributed by atoms with E-state index in [0.29, 0.717) is 18.6 Å². The van der Waals surface area contributed by atoms with Crippen molar-refractivity contribution >= 4 is 5.96 Å². The summed E-state index contributed by atoms with van der Waals surface area (Å²) in [5, 5.41) is 3.45. The number of nitrogens with one attached hydrogen (secondary N) is 1. The van der Waals surface area contributed by atoms with E-state index in [-0.39, 0.29) is 0 Å². The van der Waals surface area contributed by atoms with E-state index in [9.17, 15) is 0 Å². The van der Waals surface area contributed by atoms with Crippen molar-refractivity contribution in [3.8, 4) is 5.75 Å². The molecule has 0 bridgehead atoms. The average Bonchev–Trinajstić information content (AvgIpc) is 3.16. The quantitative estimate of drug-likeness (QED) is 0.500. The Bertz CT molecular complexity index is 736. The van der Waals surface area contributed by atoms with Gasteiger partial charge in [0.05, 0.1) is 18.9 Å². The van der Waals surface area contributed by atoms with Crippen molar-refractivity contribution in [2.75, 3.05) is 33.3 Å². The maximum Gasteiger partial charge on any atom is 0.193 e. The van der Waals surface area contributed by atoms with Crippen molar-refractivity contribution in [1.82, 2.24) is 19.8 Å². The van der Waals surface area contributed by atoms with Crippen molar-refractivity contribution in [2.24, 2.45) is 10.9 Å². The molecule has 146 valence electrons. The minimum atomic E-state index is 0.423. The van der Waals surface area contributed by atoms with Crippen LogP contribution in [0.25, 0.3) is 0 Å². The molecular weight excluding hydrogens is 338 g/mol. The van der Waals surface area contributed by atoms with Crippen molar-refractivity contribution in [2.45, 2.75) is 33.2 Å². The first-order valence-corrected chi connectivity index (χ1v) is 9.71. The fourth-order valence-corrected chi connectivity index (χ4v) is 3.78. The van der Waals surface area contributed by atoms with Gasteiger partial charge in [-0.3, -0.25) is 4.99 Å². The molecule has 2 unspecified atom stereocenters. The number of ether oxygens (including phenoxy) is 1. The molecule has 1 aliphatic heterocycles. The molecule has 2 heterocycles. The lowest BCUT2D eigenvalue weighted by Gasteiger charge is -2.39. The first-order chi connectivity index (χ1) is 13.1. The molecule has 1 N–H and O–H groups in total. The molecule has 1 aromatic heterocycles. The average molecular weight is 370 g/mol. The third kappa shape index (κ3) is 5.02. The highest BCUT2D eigenvalue weighted by atomic mass is 16.5. The van der Waals surface area contributed by atoms with Crippen LogP contribution in [0.4, 0.5) is 0 Å². The van der Waals surface area contributed by atoms with Crippen LogP contribution in [0.3, 0.4) is 0 Å². The summed E-state index contributed by atoms with van der Waals surface area (Å²) in [7, 11) is 1.84. The van der Waals surface area contributed by atoms with Gasteiger partial charge in [0.15, 0.2) is 5.96 Å². The van der Waals surface area contributed by atoms with Gasteiger partial charge < -0.3 is 19.5 Å². The monoisotopic (exact) mass is 369 g/mol. The number of aryl methyl sites for hydroxylation is 2. The number of hydrogen-bond acceptors (Lipinski definition) is 3. The van der Waals surface area contributed by atoms with E-state index >= 15 is 0 Å². The fourth-order valence-electron chi connectivity index (χ4n) is 3.78. The highest BCUT2D eigenvalue weighted by Crippen LogP contribution is 2.27. The molecule has 6 heteroatoms. The smallest absolute Gasteiger partial charge is 0.193 e. The molecule has 6 nitrogen and oxygen atoms in total. The molecule has 0 saturated carbocycles. The first-order valence-electron chi connectivity index (χ1n) is 9.71. The van der Waals surface area contributed by atoms with Crippen LogP contribution in [-0.2, 0) is 0 Å². The molecule has 1 saturated heterocycles. The maximum absolute atomic E-state index is 5.90. The van der Waals surface area contributed by atoms with Gasteiger partial charge in [0.2, 0.25) is 0 Å². The zero-order chi connectivity index (χ0) is 19.2. The molecule has 27 heavy (non-hydrogen) atoms. The Morgan fingerprint density at radius 1 is 1.30 bits per heavy atom. The summed E-state index contributed by atoms with van der Waals surface area (Å²) in [6, 6.07) is 6.72. The van der Waals surface area contributed by atoms with Crippen molar-refractivity contribution in [3.05, 3.63) is 48.0 Å². The summed E-state index contributed by atoms with van der Waals surface area (Å²) < 4.78 is 8.11. The first kappa shape index (κ1) is 19.3. The molecule has 0 spiro atoms. The number of aromatic nitrogens is 2. The molecule has 0 radical (unpaired) electrons. The lowest BCUT2D eigenvalue weighted by molar-refractivity contribution is 0.188. The zero-order valence-corrected chi connectivity index (χ0v) is 16.9. The normalized spacial score (nSPS) is 20.6. The van der Waals surface area contributed by atoms with Gasteiger partial charge >= 0.3 is 0 Å². The zero-order valence-electron chi connectivity index (χ0n) is 16.9. The van der Waals surface area contributed by atoms with Gasteiger partial charge in [0.25, 0.3) is 0 Å². The minimum Gasteiger partial charge on any atom is -0.492 e. The summed E-state index contributed by atoms with van der Waals surface area (Å²) in [6.07, 6.45) is 6.96. The van der Waals surface area contributed by atoms with Crippen molar-refractivity contribution < 1.29 is 4.74 Å². The van der Waals surface area contributed by atoms with Crippen molar-refractivity contribution in [1.29, 1.82) is 0 Å². The fraction of sp³-hybridized carbons (Fsp3) is 0.524. The Morgan fingerprint density at radius 3 is 2.74 bits per heavy atom. The van der Waals surface area contributed by atoms with Crippen molar-refractivity contribution in [3.63, 3.8) is 0 Å². The van der Waals surface area contributed by atoms with Crippen LogP contribution >= 0.6 is 0 Å². The van der Waals surface area contributed by atoms with Crippen LogP contribution in [0.5, 0.6) is 5.75 Å². The molecule has 0 aliphatic carbocycles. The van der Waals surface area contributed by atoms with Gasteiger partial charge in [0, 0.05) is 32.5 Å². The number of rotatable bonds is 5. The summed E-state index contributed by atoms with van der Waals surface area (Å²) in [6.45, 7) is 9.79. The molecule has 2 atom stereocenters. The molecular formula is C21H31N5O. The van der Waals surface area contributed by atoms with E-state index in [1.165, 1.54) is 11.1 Å². The maximum atomic E-state index is 5.90. The summed E-state index contributed by atoms with van der Waals surface area (Å²) in [5.41, 5.74) is 2.45. The van der Waals surface area contributed by atoms with Gasteiger partial charge in [-0.15, -0.1) is 0 Å².